The highest BCUT2D eigenvalue weighted by Gasteiger charge is 2.14. The molecule has 1 aromatic carbocycles. The molecule has 0 fully saturated rings. The third-order valence-corrected chi connectivity index (χ3v) is 4.79. The number of furan rings is 1. The van der Waals surface area contributed by atoms with Crippen molar-refractivity contribution in [2.75, 3.05) is 0 Å². The summed E-state index contributed by atoms with van der Waals surface area (Å²) in [5, 5.41) is 20.1. The van der Waals surface area contributed by atoms with Crippen molar-refractivity contribution in [2.45, 2.75) is 17.7 Å². The molecule has 0 saturated heterocycles. The van der Waals surface area contributed by atoms with Crippen LogP contribution >= 0.6 is 11.8 Å². The zero-order chi connectivity index (χ0) is 16.7. The molecule has 24 heavy (non-hydrogen) atoms. The van der Waals surface area contributed by atoms with Gasteiger partial charge in [-0.2, -0.15) is 0 Å². The summed E-state index contributed by atoms with van der Waals surface area (Å²) in [6.07, 6.45) is 1.65. The van der Waals surface area contributed by atoms with Crippen molar-refractivity contribution in [3.63, 3.8) is 0 Å². The third-order valence-electron chi connectivity index (χ3n) is 3.75. The molecule has 4 aromatic rings. The molecule has 0 aliphatic heterocycles. The number of non-ortho nitro benzene ring substituents is 1. The summed E-state index contributed by atoms with van der Waals surface area (Å²) in [6, 6.07) is 10.4. The summed E-state index contributed by atoms with van der Waals surface area (Å²) in [5.74, 6) is 1.35. The first-order valence-corrected chi connectivity index (χ1v) is 8.20. The molecule has 0 spiro atoms. The van der Waals surface area contributed by atoms with Gasteiger partial charge < -0.3 is 4.42 Å². The summed E-state index contributed by atoms with van der Waals surface area (Å²) >= 11 is 1.49. The number of benzene rings is 1. The topological polar surface area (TPSA) is 86.5 Å². The van der Waals surface area contributed by atoms with Crippen LogP contribution in [0.4, 0.5) is 5.69 Å². The first-order valence-electron chi connectivity index (χ1n) is 7.21. The number of hydrogen-bond donors (Lipinski definition) is 0. The van der Waals surface area contributed by atoms with E-state index in [2.05, 4.69) is 10.2 Å². The molecule has 0 aliphatic rings. The first kappa shape index (κ1) is 14.7. The van der Waals surface area contributed by atoms with E-state index in [1.807, 2.05) is 29.5 Å². The first-order chi connectivity index (χ1) is 11.6. The zero-order valence-corrected chi connectivity index (χ0v) is 13.5. The van der Waals surface area contributed by atoms with E-state index in [1.165, 1.54) is 17.8 Å². The standard InChI is InChI=1S/C16H12N4O3S/c1-10-17-18-16(14-8-15-13(19(10)14)5-6-23-15)24-9-11-3-2-4-12(7-11)20(21)22/h2-8H,9H2,1H3. The molecule has 0 N–H and O–H groups in total. The van der Waals surface area contributed by atoms with Gasteiger partial charge in [-0.15, -0.1) is 10.2 Å². The molecule has 0 radical (unpaired) electrons. The molecule has 120 valence electrons. The maximum atomic E-state index is 10.9. The lowest BCUT2D eigenvalue weighted by atomic mass is 10.2. The lowest BCUT2D eigenvalue weighted by molar-refractivity contribution is -0.384. The molecular formula is C16H12N4O3S. The van der Waals surface area contributed by atoms with Crippen molar-refractivity contribution in [3.8, 4) is 0 Å². The van der Waals surface area contributed by atoms with Gasteiger partial charge in [0, 0.05) is 30.0 Å². The van der Waals surface area contributed by atoms with Crippen LogP contribution in [-0.2, 0) is 5.75 Å². The minimum Gasteiger partial charge on any atom is -0.463 e. The van der Waals surface area contributed by atoms with Gasteiger partial charge in [0.1, 0.15) is 10.9 Å². The number of nitrogens with zero attached hydrogens (tertiary/aromatic N) is 4. The van der Waals surface area contributed by atoms with Gasteiger partial charge in [0.05, 0.1) is 22.2 Å². The van der Waals surface area contributed by atoms with E-state index in [-0.39, 0.29) is 10.6 Å². The molecule has 0 bridgehead atoms. The van der Waals surface area contributed by atoms with Crippen LogP contribution in [0.3, 0.4) is 0 Å². The highest BCUT2D eigenvalue weighted by atomic mass is 32.2. The highest BCUT2D eigenvalue weighted by Crippen LogP contribution is 2.30. The van der Waals surface area contributed by atoms with Crippen LogP contribution in [0.2, 0.25) is 0 Å². The van der Waals surface area contributed by atoms with Crippen molar-refractivity contribution < 1.29 is 9.34 Å². The number of aromatic nitrogens is 3. The maximum absolute atomic E-state index is 10.9. The second-order valence-electron chi connectivity index (χ2n) is 5.30. The third kappa shape index (κ3) is 2.41. The van der Waals surface area contributed by atoms with E-state index in [9.17, 15) is 10.1 Å². The molecule has 0 saturated carbocycles. The molecule has 0 unspecified atom stereocenters. The Morgan fingerprint density at radius 3 is 2.96 bits per heavy atom. The van der Waals surface area contributed by atoms with Gasteiger partial charge in [-0.05, 0) is 12.5 Å². The number of rotatable bonds is 4. The number of thioether (sulfide) groups is 1. The van der Waals surface area contributed by atoms with Crippen LogP contribution in [0.15, 0.2) is 52.1 Å². The van der Waals surface area contributed by atoms with Crippen LogP contribution in [0, 0.1) is 17.0 Å². The molecule has 7 nitrogen and oxygen atoms in total. The van der Waals surface area contributed by atoms with Crippen molar-refractivity contribution in [2.24, 2.45) is 0 Å². The minimum atomic E-state index is -0.390. The molecule has 4 rings (SSSR count). The van der Waals surface area contributed by atoms with Gasteiger partial charge in [-0.25, -0.2) is 0 Å². The van der Waals surface area contributed by atoms with Gasteiger partial charge in [0.15, 0.2) is 5.58 Å². The van der Waals surface area contributed by atoms with Crippen LogP contribution < -0.4 is 0 Å². The number of hydrogen-bond acceptors (Lipinski definition) is 6. The lowest BCUT2D eigenvalue weighted by Crippen LogP contribution is -1.99. The quantitative estimate of drug-likeness (QED) is 0.317. The predicted octanol–water partition coefficient (Wildman–Crippen LogP) is 3.98. The molecule has 0 aliphatic carbocycles. The van der Waals surface area contributed by atoms with Crippen LogP contribution in [0.5, 0.6) is 0 Å². The van der Waals surface area contributed by atoms with Crippen LogP contribution in [-0.4, -0.2) is 19.5 Å². The maximum Gasteiger partial charge on any atom is 0.269 e. The second kappa shape index (κ2) is 5.64. The normalized spacial score (nSPS) is 11.4. The summed E-state index contributed by atoms with van der Waals surface area (Å²) in [6.45, 7) is 1.89. The Bertz CT molecular complexity index is 1070. The minimum absolute atomic E-state index is 0.0911. The number of nitro benzene ring substituents is 1. The molecule has 3 aromatic heterocycles. The monoisotopic (exact) mass is 340 g/mol. The molecular weight excluding hydrogens is 328 g/mol. The average Bonchev–Trinajstić information content (AvgIpc) is 3.15. The molecule has 0 amide bonds. The van der Waals surface area contributed by atoms with Crippen LogP contribution in [0.1, 0.15) is 11.4 Å². The van der Waals surface area contributed by atoms with Gasteiger partial charge in [-0.1, -0.05) is 23.9 Å². The number of aryl methyl sites for hydroxylation is 1. The molecule has 0 atom stereocenters. The van der Waals surface area contributed by atoms with Crippen molar-refractivity contribution in [1.29, 1.82) is 0 Å². The Labute approximate surface area is 140 Å². The fourth-order valence-electron chi connectivity index (χ4n) is 2.66. The van der Waals surface area contributed by atoms with E-state index >= 15 is 0 Å². The van der Waals surface area contributed by atoms with Gasteiger partial charge in [-0.3, -0.25) is 14.5 Å². The summed E-state index contributed by atoms with van der Waals surface area (Å²) < 4.78 is 7.46. The number of fused-ring (bicyclic) bond motifs is 3. The highest BCUT2D eigenvalue weighted by molar-refractivity contribution is 7.98. The lowest BCUT2D eigenvalue weighted by Gasteiger charge is -2.05. The van der Waals surface area contributed by atoms with E-state index in [0.717, 1.165) is 33.0 Å². The van der Waals surface area contributed by atoms with Gasteiger partial charge in [0.25, 0.3) is 5.69 Å². The van der Waals surface area contributed by atoms with Gasteiger partial charge in [0.2, 0.25) is 0 Å². The summed E-state index contributed by atoms with van der Waals surface area (Å²) in [7, 11) is 0. The number of nitro groups is 1. The largest absolute Gasteiger partial charge is 0.463 e. The van der Waals surface area contributed by atoms with E-state index in [0.29, 0.717) is 5.75 Å². The Balaban J connectivity index is 1.69. The van der Waals surface area contributed by atoms with Crippen molar-refractivity contribution in [3.05, 3.63) is 64.2 Å². The van der Waals surface area contributed by atoms with E-state index in [1.54, 1.807) is 18.4 Å². The predicted molar refractivity (Wildman–Crippen MR) is 90.2 cm³/mol. The van der Waals surface area contributed by atoms with Crippen LogP contribution in [0.25, 0.3) is 16.6 Å². The zero-order valence-electron chi connectivity index (χ0n) is 12.7. The van der Waals surface area contributed by atoms with Gasteiger partial charge >= 0.3 is 0 Å². The average molecular weight is 340 g/mol. The Kier molecular flexibility index (Phi) is 3.46. The molecule has 3 heterocycles. The Morgan fingerprint density at radius 1 is 1.25 bits per heavy atom. The smallest absolute Gasteiger partial charge is 0.269 e. The van der Waals surface area contributed by atoms with E-state index < -0.39 is 0 Å². The Morgan fingerprint density at radius 2 is 2.12 bits per heavy atom. The second-order valence-corrected chi connectivity index (χ2v) is 6.27. The van der Waals surface area contributed by atoms with Crippen molar-refractivity contribution in [1.82, 2.24) is 14.6 Å². The SMILES string of the molecule is Cc1nnc(SCc2cccc([N+](=O)[O-])c2)c2cc3occc3n12. The van der Waals surface area contributed by atoms with Crippen molar-refractivity contribution >= 4 is 34.1 Å². The Hall–Kier alpha value is -2.87. The fraction of sp³-hybridized carbons (Fsp3) is 0.125. The van der Waals surface area contributed by atoms with E-state index in [4.69, 9.17) is 4.42 Å². The summed E-state index contributed by atoms with van der Waals surface area (Å²) in [5.41, 5.74) is 3.62. The summed E-state index contributed by atoms with van der Waals surface area (Å²) in [4.78, 5) is 10.5. The molecule has 8 heteroatoms. The fourth-order valence-corrected chi connectivity index (χ4v) is 3.54.